The first kappa shape index (κ1) is 10.2. The number of aryl methyl sites for hydroxylation is 1. The standard InChI is InChI=1S/C13H14NS/c1-3-7-13(8-4-1)9-12-15-14-10-5-2-6-11-14/h1-8,10-11H,9,12H2/q+1. The van der Waals surface area contributed by atoms with Crippen LogP contribution in [0.25, 0.3) is 0 Å². The molecule has 0 saturated carbocycles. The van der Waals surface area contributed by atoms with Gasteiger partial charge in [0.05, 0.1) is 5.75 Å². The molecule has 1 nitrogen and oxygen atoms in total. The summed E-state index contributed by atoms with van der Waals surface area (Å²) >= 11 is 1.83. The summed E-state index contributed by atoms with van der Waals surface area (Å²) in [5, 5.41) is 0. The molecular weight excluding hydrogens is 202 g/mol. The Balaban J connectivity index is 1.81. The molecule has 1 aromatic carbocycles. The highest BCUT2D eigenvalue weighted by molar-refractivity contribution is 7.92. The van der Waals surface area contributed by atoms with Crippen LogP contribution in [0.4, 0.5) is 0 Å². The maximum atomic E-state index is 2.18. The summed E-state index contributed by atoms with van der Waals surface area (Å²) in [5.74, 6) is 1.11. The Kier molecular flexibility index (Phi) is 3.80. The Hall–Kier alpha value is -1.28. The molecule has 0 unspecified atom stereocenters. The molecule has 76 valence electrons. The minimum Gasteiger partial charge on any atom is -0.134 e. The van der Waals surface area contributed by atoms with E-state index in [2.05, 4.69) is 58.8 Å². The van der Waals surface area contributed by atoms with Gasteiger partial charge in [0.2, 0.25) is 0 Å². The number of benzene rings is 1. The topological polar surface area (TPSA) is 3.88 Å². The highest BCUT2D eigenvalue weighted by Gasteiger charge is 2.00. The lowest BCUT2D eigenvalue weighted by molar-refractivity contribution is -0.494. The van der Waals surface area contributed by atoms with Crippen LogP contribution in [-0.4, -0.2) is 5.75 Å². The van der Waals surface area contributed by atoms with Crippen molar-refractivity contribution < 1.29 is 3.97 Å². The Labute approximate surface area is 94.9 Å². The van der Waals surface area contributed by atoms with E-state index in [0.29, 0.717) is 0 Å². The number of hydrogen-bond acceptors (Lipinski definition) is 1. The van der Waals surface area contributed by atoms with Crippen LogP contribution >= 0.6 is 11.9 Å². The van der Waals surface area contributed by atoms with Crippen LogP contribution < -0.4 is 3.97 Å². The van der Waals surface area contributed by atoms with Crippen molar-refractivity contribution in [1.82, 2.24) is 0 Å². The lowest BCUT2D eigenvalue weighted by atomic mass is 10.2. The first-order valence-corrected chi connectivity index (χ1v) is 6.03. The summed E-state index contributed by atoms with van der Waals surface area (Å²) in [4.78, 5) is 0. The third kappa shape index (κ3) is 3.40. The molecule has 15 heavy (non-hydrogen) atoms. The Bertz CT molecular complexity index is 346. The second kappa shape index (κ2) is 5.56. The van der Waals surface area contributed by atoms with Gasteiger partial charge in [0.15, 0.2) is 24.3 Å². The molecule has 0 spiro atoms. The Morgan fingerprint density at radius 3 is 2.27 bits per heavy atom. The zero-order valence-corrected chi connectivity index (χ0v) is 9.36. The van der Waals surface area contributed by atoms with E-state index in [4.69, 9.17) is 0 Å². The van der Waals surface area contributed by atoms with E-state index in [1.54, 1.807) is 0 Å². The van der Waals surface area contributed by atoms with Crippen LogP contribution in [0.5, 0.6) is 0 Å². The van der Waals surface area contributed by atoms with Crippen molar-refractivity contribution in [3.8, 4) is 0 Å². The normalized spacial score (nSPS) is 10.1. The molecule has 2 rings (SSSR count). The zero-order valence-electron chi connectivity index (χ0n) is 8.54. The average Bonchev–Trinajstić information content (AvgIpc) is 2.32. The van der Waals surface area contributed by atoms with Crippen molar-refractivity contribution in [3.05, 3.63) is 66.5 Å². The van der Waals surface area contributed by atoms with Crippen LogP contribution in [0.1, 0.15) is 5.56 Å². The molecular formula is C13H14NS+. The van der Waals surface area contributed by atoms with Crippen LogP contribution in [0.3, 0.4) is 0 Å². The van der Waals surface area contributed by atoms with Crippen molar-refractivity contribution in [2.75, 3.05) is 5.75 Å². The van der Waals surface area contributed by atoms with Gasteiger partial charge in [0.25, 0.3) is 0 Å². The van der Waals surface area contributed by atoms with Crippen LogP contribution in [0.2, 0.25) is 0 Å². The molecule has 0 amide bonds. The second-order valence-corrected chi connectivity index (χ2v) is 4.39. The highest BCUT2D eigenvalue weighted by Crippen LogP contribution is 2.03. The first-order valence-electron chi connectivity index (χ1n) is 5.09. The van der Waals surface area contributed by atoms with Gasteiger partial charge in [-0.2, -0.15) is 0 Å². The van der Waals surface area contributed by atoms with E-state index in [0.717, 1.165) is 12.2 Å². The fourth-order valence-electron chi connectivity index (χ4n) is 1.38. The molecule has 2 heteroatoms. The van der Waals surface area contributed by atoms with E-state index in [-0.39, 0.29) is 0 Å². The summed E-state index contributed by atoms with van der Waals surface area (Å²) in [5.41, 5.74) is 1.40. The maximum Gasteiger partial charge on any atom is 0.183 e. The molecule has 1 aromatic heterocycles. The van der Waals surface area contributed by atoms with Crippen LogP contribution in [-0.2, 0) is 6.42 Å². The number of aromatic nitrogens is 1. The number of pyridine rings is 1. The van der Waals surface area contributed by atoms with Crippen LogP contribution in [0, 0.1) is 0 Å². The summed E-state index contributed by atoms with van der Waals surface area (Å²) in [7, 11) is 0. The lowest BCUT2D eigenvalue weighted by Crippen LogP contribution is -2.23. The predicted octanol–water partition coefficient (Wildman–Crippen LogP) is 2.71. The molecule has 0 aliphatic heterocycles. The molecule has 0 bridgehead atoms. The largest absolute Gasteiger partial charge is 0.183 e. The maximum absolute atomic E-state index is 2.18. The minimum absolute atomic E-state index is 1.11. The van der Waals surface area contributed by atoms with E-state index >= 15 is 0 Å². The Morgan fingerprint density at radius 1 is 0.867 bits per heavy atom. The van der Waals surface area contributed by atoms with Gasteiger partial charge in [-0.1, -0.05) is 36.4 Å². The van der Waals surface area contributed by atoms with Gasteiger partial charge in [-0.05, 0) is 12.0 Å². The molecule has 2 aromatic rings. The van der Waals surface area contributed by atoms with Gasteiger partial charge in [-0.25, -0.2) is 0 Å². The SMILES string of the molecule is c1ccc(CCS[n+]2ccccc2)cc1. The summed E-state index contributed by atoms with van der Waals surface area (Å²) < 4.78 is 2.14. The fraction of sp³-hybridized carbons (Fsp3) is 0.154. The van der Waals surface area contributed by atoms with Crippen molar-refractivity contribution in [2.24, 2.45) is 0 Å². The van der Waals surface area contributed by atoms with Crippen molar-refractivity contribution in [1.29, 1.82) is 0 Å². The monoisotopic (exact) mass is 216 g/mol. The molecule has 0 N–H and O–H groups in total. The van der Waals surface area contributed by atoms with E-state index < -0.39 is 0 Å². The van der Waals surface area contributed by atoms with Crippen molar-refractivity contribution >= 4 is 11.9 Å². The van der Waals surface area contributed by atoms with E-state index in [1.165, 1.54) is 5.56 Å². The van der Waals surface area contributed by atoms with Gasteiger partial charge in [-0.3, -0.25) is 0 Å². The van der Waals surface area contributed by atoms with Gasteiger partial charge >= 0.3 is 0 Å². The third-order valence-corrected chi connectivity index (χ3v) is 3.09. The summed E-state index contributed by atoms with van der Waals surface area (Å²) in [6.07, 6.45) is 5.28. The molecule has 0 aliphatic carbocycles. The molecule has 0 radical (unpaired) electrons. The second-order valence-electron chi connectivity index (χ2n) is 3.30. The number of nitrogens with zero attached hydrogens (tertiary/aromatic N) is 1. The van der Waals surface area contributed by atoms with Gasteiger partial charge in [0.1, 0.15) is 0 Å². The predicted molar refractivity (Wildman–Crippen MR) is 64.6 cm³/mol. The smallest absolute Gasteiger partial charge is 0.134 e. The third-order valence-electron chi connectivity index (χ3n) is 2.16. The van der Waals surface area contributed by atoms with Gasteiger partial charge in [0, 0.05) is 12.1 Å². The average molecular weight is 216 g/mol. The van der Waals surface area contributed by atoms with Crippen molar-refractivity contribution in [3.63, 3.8) is 0 Å². The number of rotatable bonds is 4. The van der Waals surface area contributed by atoms with Crippen LogP contribution in [0.15, 0.2) is 60.9 Å². The highest BCUT2D eigenvalue weighted by atomic mass is 32.2. The minimum atomic E-state index is 1.11. The van der Waals surface area contributed by atoms with Gasteiger partial charge in [-0.15, -0.1) is 3.97 Å². The van der Waals surface area contributed by atoms with Gasteiger partial charge < -0.3 is 0 Å². The summed E-state index contributed by atoms with van der Waals surface area (Å²) in [6.45, 7) is 0. The number of hydrogen-bond donors (Lipinski definition) is 0. The van der Waals surface area contributed by atoms with Crippen molar-refractivity contribution in [2.45, 2.75) is 6.42 Å². The quantitative estimate of drug-likeness (QED) is 0.711. The zero-order chi connectivity index (χ0) is 10.3. The lowest BCUT2D eigenvalue weighted by Gasteiger charge is -1.96. The fourth-order valence-corrected chi connectivity index (χ4v) is 2.23. The molecule has 0 atom stereocenters. The first-order chi connectivity index (χ1) is 7.45. The summed E-state index contributed by atoms with van der Waals surface area (Å²) in [6, 6.07) is 16.7. The molecule has 0 saturated heterocycles. The van der Waals surface area contributed by atoms with E-state index in [9.17, 15) is 0 Å². The Morgan fingerprint density at radius 2 is 1.53 bits per heavy atom. The molecule has 0 aliphatic rings. The molecule has 1 heterocycles. The van der Waals surface area contributed by atoms with E-state index in [1.807, 2.05) is 18.0 Å². The molecule has 0 fully saturated rings.